The van der Waals surface area contributed by atoms with Gasteiger partial charge in [-0.25, -0.2) is 0 Å². The van der Waals surface area contributed by atoms with E-state index < -0.39 is 18.0 Å². The molecule has 4 nitrogen and oxygen atoms in total. The third-order valence-electron chi connectivity index (χ3n) is 2.64. The Bertz CT molecular complexity index is 719. The van der Waals surface area contributed by atoms with Crippen molar-refractivity contribution in [3.05, 3.63) is 59.7 Å². The van der Waals surface area contributed by atoms with E-state index in [1.54, 1.807) is 0 Å². The fourth-order valence-corrected chi connectivity index (χ4v) is 1.67. The maximum Gasteiger partial charge on any atom is 0.573 e. The molecule has 0 aromatic heterocycles. The zero-order chi connectivity index (χ0) is 16.2. The van der Waals surface area contributed by atoms with E-state index in [-0.39, 0.29) is 11.3 Å². The minimum atomic E-state index is -4.85. The first-order chi connectivity index (χ1) is 10.4. The summed E-state index contributed by atoms with van der Waals surface area (Å²) in [5.41, 5.74) is 0.479. The Balaban J connectivity index is 2.19. The van der Waals surface area contributed by atoms with E-state index >= 15 is 0 Å². The number of rotatable bonds is 3. The molecule has 112 valence electrons. The number of para-hydroxylation sites is 2. The highest BCUT2D eigenvalue weighted by Crippen LogP contribution is 2.30. The van der Waals surface area contributed by atoms with Gasteiger partial charge in [0.1, 0.15) is 0 Å². The van der Waals surface area contributed by atoms with Gasteiger partial charge in [-0.05, 0) is 36.4 Å². The fourth-order valence-electron chi connectivity index (χ4n) is 1.67. The molecule has 2 aromatic rings. The largest absolute Gasteiger partial charge is 0.573 e. The number of nitrogens with zero attached hydrogens (tertiary/aromatic N) is 1. The molecule has 7 heteroatoms. The summed E-state index contributed by atoms with van der Waals surface area (Å²) in [6, 6.07) is 12.8. The quantitative estimate of drug-likeness (QED) is 0.940. The number of carbonyl (C=O) groups excluding carboxylic acids is 1. The zero-order valence-electron chi connectivity index (χ0n) is 11.0. The number of halogens is 3. The van der Waals surface area contributed by atoms with E-state index in [9.17, 15) is 18.0 Å². The number of anilines is 1. The van der Waals surface area contributed by atoms with Crippen LogP contribution in [0.3, 0.4) is 0 Å². The van der Waals surface area contributed by atoms with Gasteiger partial charge in [-0.2, -0.15) is 5.26 Å². The van der Waals surface area contributed by atoms with Crippen molar-refractivity contribution in [3.8, 4) is 11.8 Å². The molecule has 0 aliphatic carbocycles. The summed E-state index contributed by atoms with van der Waals surface area (Å²) in [6.07, 6.45) is -4.85. The molecule has 22 heavy (non-hydrogen) atoms. The second kappa shape index (κ2) is 6.18. The maximum atomic E-state index is 12.3. The molecule has 2 aromatic carbocycles. The summed E-state index contributed by atoms with van der Waals surface area (Å²) in [4.78, 5) is 12.0. The molecule has 0 aliphatic heterocycles. The summed E-state index contributed by atoms with van der Waals surface area (Å²) in [5.74, 6) is -1.11. The molecule has 0 saturated carbocycles. The van der Waals surface area contributed by atoms with Gasteiger partial charge in [0.15, 0.2) is 5.75 Å². The van der Waals surface area contributed by atoms with Gasteiger partial charge in [0.2, 0.25) is 0 Å². The number of hydrogen-bond acceptors (Lipinski definition) is 3. The molecule has 0 spiro atoms. The number of nitriles is 1. The fraction of sp³-hybridized carbons (Fsp3) is 0.0667. The number of ether oxygens (including phenoxy) is 1. The molecular weight excluding hydrogens is 297 g/mol. The number of hydrogen-bond donors (Lipinski definition) is 1. The van der Waals surface area contributed by atoms with Crippen molar-refractivity contribution in [1.29, 1.82) is 5.26 Å². The van der Waals surface area contributed by atoms with Crippen molar-refractivity contribution < 1.29 is 22.7 Å². The van der Waals surface area contributed by atoms with E-state index in [2.05, 4.69) is 10.1 Å². The van der Waals surface area contributed by atoms with Crippen LogP contribution in [0.4, 0.5) is 18.9 Å². The topological polar surface area (TPSA) is 62.1 Å². The van der Waals surface area contributed by atoms with Crippen LogP contribution in [0, 0.1) is 11.3 Å². The molecule has 1 amide bonds. The number of alkyl halides is 3. The van der Waals surface area contributed by atoms with E-state index in [1.165, 1.54) is 42.5 Å². The van der Waals surface area contributed by atoms with Crippen molar-refractivity contribution >= 4 is 11.6 Å². The molecule has 0 saturated heterocycles. The van der Waals surface area contributed by atoms with Crippen LogP contribution >= 0.6 is 0 Å². The third kappa shape index (κ3) is 3.99. The first-order valence-corrected chi connectivity index (χ1v) is 6.05. The van der Waals surface area contributed by atoms with E-state index in [0.717, 1.165) is 6.07 Å². The molecule has 0 heterocycles. The van der Waals surface area contributed by atoms with Gasteiger partial charge in [0.05, 0.1) is 17.3 Å². The Morgan fingerprint density at radius 2 is 1.73 bits per heavy atom. The van der Waals surface area contributed by atoms with Gasteiger partial charge in [-0.3, -0.25) is 4.79 Å². The van der Waals surface area contributed by atoms with Crippen LogP contribution in [-0.4, -0.2) is 12.3 Å². The highest BCUT2D eigenvalue weighted by atomic mass is 19.4. The Morgan fingerprint density at radius 3 is 2.32 bits per heavy atom. The Labute approximate surface area is 123 Å². The minimum Gasteiger partial charge on any atom is -0.404 e. The third-order valence-corrected chi connectivity index (χ3v) is 2.64. The second-order valence-electron chi connectivity index (χ2n) is 4.19. The van der Waals surface area contributed by atoms with Crippen LogP contribution < -0.4 is 10.1 Å². The lowest BCUT2D eigenvalue weighted by Gasteiger charge is -2.13. The SMILES string of the molecule is N#Cc1ccc(C(=O)Nc2ccccc2OC(F)(F)F)cc1. The van der Waals surface area contributed by atoms with Crippen molar-refractivity contribution in [2.75, 3.05) is 5.32 Å². The average molecular weight is 306 g/mol. The lowest BCUT2D eigenvalue weighted by atomic mass is 10.1. The number of carbonyl (C=O) groups is 1. The summed E-state index contributed by atoms with van der Waals surface area (Å²) in [6.45, 7) is 0. The highest BCUT2D eigenvalue weighted by molar-refractivity contribution is 6.05. The zero-order valence-corrected chi connectivity index (χ0v) is 11.0. The lowest BCUT2D eigenvalue weighted by Crippen LogP contribution is -2.19. The molecule has 0 radical (unpaired) electrons. The van der Waals surface area contributed by atoms with Gasteiger partial charge in [0, 0.05) is 5.56 Å². The Morgan fingerprint density at radius 1 is 1.09 bits per heavy atom. The predicted octanol–water partition coefficient (Wildman–Crippen LogP) is 3.71. The standard InChI is InChI=1S/C15H9F3N2O2/c16-15(17,18)22-13-4-2-1-3-12(13)20-14(21)11-7-5-10(9-19)6-8-11/h1-8H,(H,20,21). The molecule has 0 unspecified atom stereocenters. The average Bonchev–Trinajstić information content (AvgIpc) is 2.48. The van der Waals surface area contributed by atoms with E-state index in [0.29, 0.717) is 5.56 Å². The molecule has 0 atom stereocenters. The smallest absolute Gasteiger partial charge is 0.404 e. The van der Waals surface area contributed by atoms with Gasteiger partial charge in [-0.1, -0.05) is 12.1 Å². The highest BCUT2D eigenvalue weighted by Gasteiger charge is 2.32. The molecule has 0 bridgehead atoms. The summed E-state index contributed by atoms with van der Waals surface area (Å²) < 4.78 is 40.7. The minimum absolute atomic E-state index is 0.103. The first kappa shape index (κ1) is 15.4. The van der Waals surface area contributed by atoms with Crippen LogP contribution in [-0.2, 0) is 0 Å². The van der Waals surface area contributed by atoms with Crippen LogP contribution in [0.2, 0.25) is 0 Å². The normalized spacial score (nSPS) is 10.6. The number of amides is 1. The molecular formula is C15H9F3N2O2. The predicted molar refractivity (Wildman–Crippen MR) is 72.2 cm³/mol. The molecule has 0 fully saturated rings. The van der Waals surface area contributed by atoms with E-state index in [4.69, 9.17) is 5.26 Å². The van der Waals surface area contributed by atoms with Crippen LogP contribution in [0.25, 0.3) is 0 Å². The van der Waals surface area contributed by atoms with Crippen molar-refractivity contribution in [3.63, 3.8) is 0 Å². The van der Waals surface area contributed by atoms with Crippen LogP contribution in [0.1, 0.15) is 15.9 Å². The summed E-state index contributed by atoms with van der Waals surface area (Å²) in [5, 5.41) is 11.0. The maximum absolute atomic E-state index is 12.3. The summed E-state index contributed by atoms with van der Waals surface area (Å²) >= 11 is 0. The first-order valence-electron chi connectivity index (χ1n) is 6.05. The Kier molecular flexibility index (Phi) is 4.32. The van der Waals surface area contributed by atoms with E-state index in [1.807, 2.05) is 6.07 Å². The van der Waals surface area contributed by atoms with Gasteiger partial charge in [0.25, 0.3) is 5.91 Å². The molecule has 0 aliphatic rings. The summed E-state index contributed by atoms with van der Waals surface area (Å²) in [7, 11) is 0. The Hall–Kier alpha value is -3.01. The second-order valence-corrected chi connectivity index (χ2v) is 4.19. The monoisotopic (exact) mass is 306 g/mol. The van der Waals surface area contributed by atoms with Crippen molar-refractivity contribution in [1.82, 2.24) is 0 Å². The molecule has 2 rings (SSSR count). The number of nitrogens with one attached hydrogen (secondary N) is 1. The van der Waals surface area contributed by atoms with Crippen LogP contribution in [0.15, 0.2) is 48.5 Å². The van der Waals surface area contributed by atoms with Gasteiger partial charge >= 0.3 is 6.36 Å². The lowest BCUT2D eigenvalue weighted by molar-refractivity contribution is -0.274. The molecule has 1 N–H and O–H groups in total. The van der Waals surface area contributed by atoms with Crippen LogP contribution in [0.5, 0.6) is 5.75 Å². The number of benzene rings is 2. The van der Waals surface area contributed by atoms with Gasteiger partial charge in [-0.15, -0.1) is 13.2 Å². The van der Waals surface area contributed by atoms with Crippen molar-refractivity contribution in [2.24, 2.45) is 0 Å². The van der Waals surface area contributed by atoms with Gasteiger partial charge < -0.3 is 10.1 Å². The van der Waals surface area contributed by atoms with Crippen molar-refractivity contribution in [2.45, 2.75) is 6.36 Å².